The Morgan fingerprint density at radius 2 is 2.22 bits per heavy atom. The van der Waals surface area contributed by atoms with Gasteiger partial charge in [-0.15, -0.1) is 0 Å². The van der Waals surface area contributed by atoms with E-state index in [1.807, 2.05) is 0 Å². The highest BCUT2D eigenvalue weighted by Gasteiger charge is 2.34. The van der Waals surface area contributed by atoms with Crippen molar-refractivity contribution < 1.29 is 18.3 Å². The van der Waals surface area contributed by atoms with Crippen molar-refractivity contribution in [1.29, 1.82) is 0 Å². The molecule has 7 heteroatoms. The lowest BCUT2D eigenvalue weighted by Gasteiger charge is -2.35. The second-order valence-corrected chi connectivity index (χ2v) is 7.18. The van der Waals surface area contributed by atoms with Crippen LogP contribution in [0.4, 0.5) is 5.69 Å². The second-order valence-electron chi connectivity index (χ2n) is 4.26. The van der Waals surface area contributed by atoms with Gasteiger partial charge in [-0.1, -0.05) is 15.9 Å². The predicted octanol–water partition coefficient (Wildman–Crippen LogP) is 1.52. The fourth-order valence-corrected chi connectivity index (χ4v) is 4.41. The van der Waals surface area contributed by atoms with E-state index >= 15 is 0 Å². The lowest BCUT2D eigenvalue weighted by Crippen LogP contribution is -2.45. The summed E-state index contributed by atoms with van der Waals surface area (Å²) < 4.78 is 24.8. The molecule has 1 aromatic carbocycles. The zero-order valence-electron chi connectivity index (χ0n) is 9.63. The molecule has 1 atom stereocenters. The van der Waals surface area contributed by atoms with Gasteiger partial charge in [-0.05, 0) is 25.1 Å². The average Bonchev–Trinajstić information content (AvgIpc) is 2.23. The van der Waals surface area contributed by atoms with Gasteiger partial charge in [0.2, 0.25) is 0 Å². The third kappa shape index (κ3) is 2.37. The highest BCUT2D eigenvalue weighted by Crippen LogP contribution is 2.35. The highest BCUT2D eigenvalue weighted by atomic mass is 79.9. The van der Waals surface area contributed by atoms with Crippen molar-refractivity contribution in [3.63, 3.8) is 0 Å². The minimum atomic E-state index is -3.35. The minimum absolute atomic E-state index is 0.0657. The van der Waals surface area contributed by atoms with Gasteiger partial charge in [0.05, 0.1) is 16.3 Å². The van der Waals surface area contributed by atoms with Crippen LogP contribution >= 0.6 is 15.9 Å². The number of carboxylic acids is 1. The monoisotopic (exact) mass is 333 g/mol. The van der Waals surface area contributed by atoms with Gasteiger partial charge in [0.15, 0.2) is 9.84 Å². The van der Waals surface area contributed by atoms with Gasteiger partial charge >= 0.3 is 5.97 Å². The van der Waals surface area contributed by atoms with E-state index in [1.165, 1.54) is 6.07 Å². The number of hydrogen-bond donors (Lipinski definition) is 1. The normalized spacial score (nSPS) is 21.4. The van der Waals surface area contributed by atoms with Crippen molar-refractivity contribution in [3.8, 4) is 0 Å². The first-order valence-electron chi connectivity index (χ1n) is 5.32. The molecule has 1 aromatic rings. The van der Waals surface area contributed by atoms with E-state index < -0.39 is 15.8 Å². The molecule has 1 aliphatic heterocycles. The molecule has 0 radical (unpaired) electrons. The van der Waals surface area contributed by atoms with Crippen molar-refractivity contribution in [2.24, 2.45) is 0 Å². The molecule has 1 unspecified atom stereocenters. The molecular formula is C11H12BrNO4S. The maximum absolute atomic E-state index is 12.1. The van der Waals surface area contributed by atoms with E-state index in [2.05, 4.69) is 15.9 Å². The Morgan fingerprint density at radius 3 is 2.83 bits per heavy atom. The summed E-state index contributed by atoms with van der Waals surface area (Å²) in [5.74, 6) is -1.04. The Kier molecular flexibility index (Phi) is 3.37. The molecule has 18 heavy (non-hydrogen) atoms. The first kappa shape index (κ1) is 13.4. The second kappa shape index (κ2) is 4.55. The van der Waals surface area contributed by atoms with Gasteiger partial charge in [0.1, 0.15) is 6.54 Å². The SMILES string of the molecule is CC1CS(=O)(=O)c2cc(Br)ccc2N1CC(=O)O. The molecule has 2 rings (SSSR count). The van der Waals surface area contributed by atoms with E-state index in [4.69, 9.17) is 5.11 Å². The van der Waals surface area contributed by atoms with E-state index in [-0.39, 0.29) is 23.2 Å². The first-order chi connectivity index (χ1) is 8.31. The minimum Gasteiger partial charge on any atom is -0.480 e. The number of carbonyl (C=O) groups is 1. The number of rotatable bonds is 2. The Hall–Kier alpha value is -1.08. The topological polar surface area (TPSA) is 74.7 Å². The first-order valence-corrected chi connectivity index (χ1v) is 7.76. The van der Waals surface area contributed by atoms with Crippen LogP contribution in [0.15, 0.2) is 27.6 Å². The molecule has 0 spiro atoms. The van der Waals surface area contributed by atoms with Crippen LogP contribution in [0.2, 0.25) is 0 Å². The molecular weight excluding hydrogens is 322 g/mol. The van der Waals surface area contributed by atoms with Crippen molar-refractivity contribution in [2.45, 2.75) is 17.9 Å². The van der Waals surface area contributed by atoms with Gasteiger partial charge in [0.25, 0.3) is 0 Å². The Labute approximate surface area is 113 Å². The molecule has 5 nitrogen and oxygen atoms in total. The lowest BCUT2D eigenvalue weighted by atomic mass is 10.2. The Bertz CT molecular complexity index is 599. The summed E-state index contributed by atoms with van der Waals surface area (Å²) in [4.78, 5) is 12.6. The zero-order valence-corrected chi connectivity index (χ0v) is 12.0. The van der Waals surface area contributed by atoms with Crippen LogP contribution in [-0.2, 0) is 14.6 Å². The summed E-state index contributed by atoms with van der Waals surface area (Å²) in [6, 6.07) is 4.52. The van der Waals surface area contributed by atoms with Crippen LogP contribution in [-0.4, -0.2) is 37.8 Å². The maximum atomic E-state index is 12.1. The molecule has 0 aliphatic carbocycles. The lowest BCUT2D eigenvalue weighted by molar-refractivity contribution is -0.135. The van der Waals surface area contributed by atoms with Crippen LogP contribution in [0.1, 0.15) is 6.92 Å². The molecule has 0 amide bonds. The van der Waals surface area contributed by atoms with E-state index in [0.29, 0.717) is 10.2 Å². The molecule has 0 bridgehead atoms. The predicted molar refractivity (Wildman–Crippen MR) is 70.6 cm³/mol. The summed E-state index contributed by atoms with van der Waals surface area (Å²) in [5, 5.41) is 8.89. The quantitative estimate of drug-likeness (QED) is 0.888. The number of aliphatic carboxylic acids is 1. The van der Waals surface area contributed by atoms with Crippen LogP contribution in [0, 0.1) is 0 Å². The van der Waals surface area contributed by atoms with Gasteiger partial charge in [-0.3, -0.25) is 4.79 Å². The molecule has 1 heterocycles. The summed E-state index contributed by atoms with van der Waals surface area (Å²) in [6.45, 7) is 1.51. The van der Waals surface area contributed by atoms with E-state index in [9.17, 15) is 13.2 Å². The van der Waals surface area contributed by atoms with Gasteiger partial charge in [0, 0.05) is 10.5 Å². The van der Waals surface area contributed by atoms with Gasteiger partial charge < -0.3 is 10.0 Å². The smallest absolute Gasteiger partial charge is 0.323 e. The summed E-state index contributed by atoms with van der Waals surface area (Å²) in [5.41, 5.74) is 0.458. The number of halogens is 1. The molecule has 98 valence electrons. The molecule has 1 N–H and O–H groups in total. The maximum Gasteiger partial charge on any atom is 0.323 e. The fraction of sp³-hybridized carbons (Fsp3) is 0.364. The number of anilines is 1. The van der Waals surface area contributed by atoms with Gasteiger partial charge in [-0.25, -0.2) is 8.42 Å². The number of carboxylic acid groups (broad SMARTS) is 1. The molecule has 0 saturated carbocycles. The van der Waals surface area contributed by atoms with E-state index in [0.717, 1.165) is 0 Å². The Morgan fingerprint density at radius 1 is 1.56 bits per heavy atom. The largest absolute Gasteiger partial charge is 0.480 e. The average molecular weight is 334 g/mol. The molecule has 0 fully saturated rings. The van der Waals surface area contributed by atoms with Crippen molar-refractivity contribution >= 4 is 37.4 Å². The zero-order chi connectivity index (χ0) is 13.5. The standard InChI is InChI=1S/C11H12BrNO4S/c1-7-6-18(16,17)10-4-8(12)2-3-9(10)13(7)5-11(14)15/h2-4,7H,5-6H2,1H3,(H,14,15). The van der Waals surface area contributed by atoms with Crippen LogP contribution < -0.4 is 4.90 Å². The van der Waals surface area contributed by atoms with Crippen LogP contribution in [0.5, 0.6) is 0 Å². The van der Waals surface area contributed by atoms with E-state index in [1.54, 1.807) is 24.0 Å². The number of nitrogens with zero attached hydrogens (tertiary/aromatic N) is 1. The third-order valence-electron chi connectivity index (χ3n) is 2.86. The van der Waals surface area contributed by atoms with Crippen LogP contribution in [0.3, 0.4) is 0 Å². The Balaban J connectivity index is 2.58. The van der Waals surface area contributed by atoms with Gasteiger partial charge in [-0.2, -0.15) is 0 Å². The summed E-state index contributed by atoms with van der Waals surface area (Å²) in [7, 11) is -3.35. The van der Waals surface area contributed by atoms with Crippen molar-refractivity contribution in [3.05, 3.63) is 22.7 Å². The van der Waals surface area contributed by atoms with Crippen molar-refractivity contribution in [1.82, 2.24) is 0 Å². The third-order valence-corrected chi connectivity index (χ3v) is 5.28. The highest BCUT2D eigenvalue weighted by molar-refractivity contribution is 9.10. The summed E-state index contributed by atoms with van der Waals surface area (Å²) in [6.07, 6.45) is 0. The molecule has 0 saturated heterocycles. The number of sulfone groups is 1. The molecule has 1 aliphatic rings. The summed E-state index contributed by atoms with van der Waals surface area (Å²) >= 11 is 3.23. The van der Waals surface area contributed by atoms with Crippen molar-refractivity contribution in [2.75, 3.05) is 17.2 Å². The number of hydrogen-bond acceptors (Lipinski definition) is 4. The molecule has 0 aromatic heterocycles. The van der Waals surface area contributed by atoms with Crippen LogP contribution in [0.25, 0.3) is 0 Å². The number of benzene rings is 1. The number of fused-ring (bicyclic) bond motifs is 1. The fourth-order valence-electron chi connectivity index (χ4n) is 2.10.